The molecule has 0 atom stereocenters. The molecule has 2 nitrogen and oxygen atoms in total. The molecule has 0 amide bonds. The number of fused-ring (bicyclic) bond motifs is 1. The Labute approximate surface area is 98.4 Å². The molecule has 2 N–H and O–H groups in total. The molecule has 78 valence electrons. The van der Waals surface area contributed by atoms with Crippen molar-refractivity contribution in [3.8, 4) is 0 Å². The molecule has 0 aliphatic carbocycles. The highest BCUT2D eigenvalue weighted by molar-refractivity contribution is 6.45. The molecule has 0 aliphatic heterocycles. The van der Waals surface area contributed by atoms with Crippen LogP contribution in [0.2, 0.25) is 10.0 Å². The molecule has 2 aromatic carbocycles. The van der Waals surface area contributed by atoms with E-state index in [0.29, 0.717) is 10.0 Å². The Morgan fingerprint density at radius 1 is 0.933 bits per heavy atom. The van der Waals surface area contributed by atoms with Gasteiger partial charge in [0.1, 0.15) is 0 Å². The Morgan fingerprint density at radius 2 is 1.53 bits per heavy atom. The van der Waals surface area contributed by atoms with Crippen LogP contribution < -0.4 is 0 Å². The van der Waals surface area contributed by atoms with E-state index in [-0.39, 0.29) is 0 Å². The molecule has 0 unspecified atom stereocenters. The van der Waals surface area contributed by atoms with Crippen LogP contribution in [0.3, 0.4) is 0 Å². The summed E-state index contributed by atoms with van der Waals surface area (Å²) in [4.78, 5) is 0. The molecule has 0 aromatic heterocycles. The highest BCUT2D eigenvalue weighted by atomic mass is 35.5. The maximum atomic E-state index is 7.12. The van der Waals surface area contributed by atoms with Crippen molar-refractivity contribution in [2.24, 2.45) is 0 Å². The zero-order chi connectivity index (χ0) is 11.3. The normalized spacial score (nSPS) is 9.33. The first-order chi connectivity index (χ1) is 7.20. The van der Waals surface area contributed by atoms with Gasteiger partial charge in [-0.3, -0.25) is 0 Å². The van der Waals surface area contributed by atoms with Gasteiger partial charge in [-0.1, -0.05) is 53.5 Å². The van der Waals surface area contributed by atoms with Crippen molar-refractivity contribution < 1.29 is 10.0 Å². The van der Waals surface area contributed by atoms with Crippen LogP contribution in [0.4, 0.5) is 0 Å². The van der Waals surface area contributed by atoms with Gasteiger partial charge in [-0.05, 0) is 11.5 Å². The summed E-state index contributed by atoms with van der Waals surface area (Å²) in [5.41, 5.74) is 0. The van der Waals surface area contributed by atoms with Crippen molar-refractivity contribution in [1.82, 2.24) is 0 Å². The zero-order valence-corrected chi connectivity index (χ0v) is 9.33. The van der Waals surface area contributed by atoms with E-state index >= 15 is 0 Å². The third-order valence-electron chi connectivity index (χ3n) is 1.82. The third kappa shape index (κ3) is 3.11. The lowest BCUT2D eigenvalue weighted by atomic mass is 10.1. The molecule has 2 aromatic rings. The molecule has 15 heavy (non-hydrogen) atoms. The molecule has 0 aliphatic rings. The predicted octanol–water partition coefficient (Wildman–Crippen LogP) is 2.38. The van der Waals surface area contributed by atoms with E-state index in [1.165, 1.54) is 0 Å². The Hall–Kier alpha value is -0.735. The van der Waals surface area contributed by atoms with E-state index in [4.69, 9.17) is 33.2 Å². The average molecular weight is 243 g/mol. The third-order valence-corrected chi connectivity index (χ3v) is 2.64. The van der Waals surface area contributed by atoms with Crippen molar-refractivity contribution in [3.63, 3.8) is 0 Å². The second-order valence-electron chi connectivity index (χ2n) is 2.72. The van der Waals surface area contributed by atoms with E-state index < -0.39 is 7.69 Å². The van der Waals surface area contributed by atoms with Crippen LogP contribution in [-0.2, 0) is 0 Å². The van der Waals surface area contributed by atoms with Crippen LogP contribution >= 0.6 is 23.2 Å². The van der Waals surface area contributed by atoms with Gasteiger partial charge in [-0.25, -0.2) is 0 Å². The van der Waals surface area contributed by atoms with Crippen LogP contribution in [0, 0.1) is 0 Å². The van der Waals surface area contributed by atoms with Gasteiger partial charge >= 0.3 is 7.69 Å². The van der Waals surface area contributed by atoms with E-state index in [1.807, 2.05) is 36.4 Å². The molecule has 0 fully saturated rings. The minimum Gasteiger partial charge on any atom is -0.430 e. The minimum atomic E-state index is -0.750. The second kappa shape index (κ2) is 5.98. The smallest absolute Gasteiger partial charge is 0.430 e. The van der Waals surface area contributed by atoms with Gasteiger partial charge in [0.2, 0.25) is 0 Å². The van der Waals surface area contributed by atoms with Crippen LogP contribution in [0.1, 0.15) is 0 Å². The summed E-state index contributed by atoms with van der Waals surface area (Å²) >= 11 is 11.8. The lowest BCUT2D eigenvalue weighted by molar-refractivity contribution is 0.448. The highest BCUT2D eigenvalue weighted by Gasteiger charge is 2.01. The molecule has 0 bridgehead atoms. The summed E-state index contributed by atoms with van der Waals surface area (Å²) < 4.78 is 0. The summed E-state index contributed by atoms with van der Waals surface area (Å²) in [5.74, 6) is 0. The molecular formula is C10H9BCl2O2. The van der Waals surface area contributed by atoms with Gasteiger partial charge in [0.15, 0.2) is 0 Å². The van der Waals surface area contributed by atoms with Crippen molar-refractivity contribution in [1.29, 1.82) is 0 Å². The second-order valence-corrected chi connectivity index (χ2v) is 3.51. The number of benzene rings is 2. The van der Waals surface area contributed by atoms with Crippen LogP contribution in [0.15, 0.2) is 36.4 Å². The summed E-state index contributed by atoms with van der Waals surface area (Å²) in [6, 6.07) is 11.7. The van der Waals surface area contributed by atoms with Crippen molar-refractivity contribution in [3.05, 3.63) is 46.4 Å². The van der Waals surface area contributed by atoms with Crippen LogP contribution in [-0.4, -0.2) is 17.7 Å². The molecule has 0 radical (unpaired) electrons. The Kier molecular flexibility index (Phi) is 4.92. The Balaban J connectivity index is 0.000000337. The summed E-state index contributed by atoms with van der Waals surface area (Å²) in [5, 5.41) is 17.6. The molecule has 0 spiro atoms. The zero-order valence-electron chi connectivity index (χ0n) is 7.82. The van der Waals surface area contributed by atoms with E-state index in [0.717, 1.165) is 10.8 Å². The van der Waals surface area contributed by atoms with E-state index in [2.05, 4.69) is 0 Å². The largest absolute Gasteiger partial charge is 0.432 e. The van der Waals surface area contributed by atoms with Crippen LogP contribution in [0.5, 0.6) is 0 Å². The number of hydrogen-bond donors (Lipinski definition) is 2. The van der Waals surface area contributed by atoms with Gasteiger partial charge in [0.25, 0.3) is 0 Å². The summed E-state index contributed by atoms with van der Waals surface area (Å²) in [7, 11) is -0.750. The molecular weight excluding hydrogens is 234 g/mol. The van der Waals surface area contributed by atoms with Crippen molar-refractivity contribution >= 4 is 41.7 Å². The quantitative estimate of drug-likeness (QED) is 0.697. The minimum absolute atomic E-state index is 0.607. The van der Waals surface area contributed by atoms with Gasteiger partial charge < -0.3 is 10.0 Å². The standard InChI is InChI=1S/C10H6Cl2.BH3O2/c11-9-6-5-7-3-1-2-4-8(7)10(9)12;2-1-3/h1-6H;1-3H. The fraction of sp³-hybridized carbons (Fsp3) is 0. The number of rotatable bonds is 0. The molecule has 0 saturated heterocycles. The molecule has 0 heterocycles. The van der Waals surface area contributed by atoms with E-state index in [1.54, 1.807) is 0 Å². The maximum Gasteiger partial charge on any atom is 0.432 e. The first-order valence-electron chi connectivity index (χ1n) is 4.25. The SMILES string of the molecule is Clc1ccc2ccccc2c1Cl.OBO. The van der Waals surface area contributed by atoms with Crippen molar-refractivity contribution in [2.45, 2.75) is 0 Å². The van der Waals surface area contributed by atoms with Gasteiger partial charge in [-0.2, -0.15) is 0 Å². The topological polar surface area (TPSA) is 40.5 Å². The summed E-state index contributed by atoms with van der Waals surface area (Å²) in [6.45, 7) is 0. The maximum absolute atomic E-state index is 7.12. The number of halogens is 2. The van der Waals surface area contributed by atoms with Gasteiger partial charge in [0.05, 0.1) is 10.0 Å². The lowest BCUT2D eigenvalue weighted by Crippen LogP contribution is -1.75. The molecule has 0 saturated carbocycles. The van der Waals surface area contributed by atoms with E-state index in [9.17, 15) is 0 Å². The Bertz CT molecular complexity index is 448. The predicted molar refractivity (Wildman–Crippen MR) is 65.6 cm³/mol. The average Bonchev–Trinajstić information content (AvgIpc) is 2.25. The lowest BCUT2D eigenvalue weighted by Gasteiger charge is -2.00. The van der Waals surface area contributed by atoms with Crippen molar-refractivity contribution in [2.75, 3.05) is 0 Å². The Morgan fingerprint density at radius 3 is 2.20 bits per heavy atom. The summed E-state index contributed by atoms with van der Waals surface area (Å²) in [6.07, 6.45) is 0. The fourth-order valence-corrected chi connectivity index (χ4v) is 1.61. The molecule has 2 rings (SSSR count). The number of hydrogen-bond acceptors (Lipinski definition) is 2. The highest BCUT2D eigenvalue weighted by Crippen LogP contribution is 2.30. The monoisotopic (exact) mass is 242 g/mol. The fourth-order valence-electron chi connectivity index (χ4n) is 1.21. The van der Waals surface area contributed by atoms with Gasteiger partial charge in [0, 0.05) is 5.39 Å². The van der Waals surface area contributed by atoms with Crippen LogP contribution in [0.25, 0.3) is 10.8 Å². The first kappa shape index (κ1) is 12.3. The first-order valence-corrected chi connectivity index (χ1v) is 5.00. The molecule has 5 heteroatoms. The van der Waals surface area contributed by atoms with Gasteiger partial charge in [-0.15, -0.1) is 0 Å².